The Hall–Kier alpha value is -0.650. The topological polar surface area (TPSA) is 55.8 Å². The number of piperazine rings is 1. The Morgan fingerprint density at radius 2 is 1.89 bits per heavy atom. The van der Waals surface area contributed by atoms with Gasteiger partial charge in [0, 0.05) is 44.8 Å². The minimum absolute atomic E-state index is 0.400. The molecule has 1 heterocycles. The number of aliphatic carboxylic acids is 1. The standard InChI is InChI=1S/C13H25N3O2/c1-10(2)16-7-5-15(6-8-16)9-12(13(17)18)14-11-3-4-11/h10-12,14H,3-9H2,1-2H3,(H,17,18). The molecule has 0 aromatic carbocycles. The van der Waals surface area contributed by atoms with Gasteiger partial charge in [-0.05, 0) is 26.7 Å². The molecule has 0 amide bonds. The molecule has 1 aliphatic carbocycles. The minimum Gasteiger partial charge on any atom is -0.480 e. The van der Waals surface area contributed by atoms with Crippen LogP contribution in [0.1, 0.15) is 26.7 Å². The van der Waals surface area contributed by atoms with E-state index in [2.05, 4.69) is 29.0 Å². The van der Waals surface area contributed by atoms with Gasteiger partial charge in [-0.1, -0.05) is 0 Å². The summed E-state index contributed by atoms with van der Waals surface area (Å²) in [6, 6.07) is 0.637. The normalized spacial score (nSPS) is 24.4. The summed E-state index contributed by atoms with van der Waals surface area (Å²) < 4.78 is 0. The first kappa shape index (κ1) is 13.8. The number of carboxylic acids is 1. The lowest BCUT2D eigenvalue weighted by atomic mass is 10.2. The van der Waals surface area contributed by atoms with Crippen LogP contribution in [0.4, 0.5) is 0 Å². The van der Waals surface area contributed by atoms with Crippen molar-refractivity contribution in [2.24, 2.45) is 0 Å². The van der Waals surface area contributed by atoms with E-state index < -0.39 is 12.0 Å². The Kier molecular flexibility index (Phi) is 4.59. The first-order valence-electron chi connectivity index (χ1n) is 7.01. The highest BCUT2D eigenvalue weighted by Gasteiger charge is 2.30. The molecule has 0 spiro atoms. The van der Waals surface area contributed by atoms with Crippen molar-refractivity contribution >= 4 is 5.97 Å². The van der Waals surface area contributed by atoms with Crippen molar-refractivity contribution in [3.63, 3.8) is 0 Å². The Labute approximate surface area is 109 Å². The summed E-state index contributed by atoms with van der Waals surface area (Å²) in [6.07, 6.45) is 2.26. The predicted molar refractivity (Wildman–Crippen MR) is 70.7 cm³/mol. The zero-order chi connectivity index (χ0) is 13.1. The van der Waals surface area contributed by atoms with Crippen LogP contribution in [0.3, 0.4) is 0 Å². The molecule has 18 heavy (non-hydrogen) atoms. The fourth-order valence-electron chi connectivity index (χ4n) is 2.46. The van der Waals surface area contributed by atoms with Gasteiger partial charge in [0.1, 0.15) is 6.04 Å². The molecular formula is C13H25N3O2. The van der Waals surface area contributed by atoms with Crippen LogP contribution in [0.15, 0.2) is 0 Å². The van der Waals surface area contributed by atoms with Gasteiger partial charge < -0.3 is 10.4 Å². The molecule has 5 nitrogen and oxygen atoms in total. The lowest BCUT2D eigenvalue weighted by Crippen LogP contribution is -2.54. The van der Waals surface area contributed by atoms with E-state index in [9.17, 15) is 9.90 Å². The Morgan fingerprint density at radius 3 is 2.33 bits per heavy atom. The van der Waals surface area contributed by atoms with Crippen LogP contribution in [0.25, 0.3) is 0 Å². The van der Waals surface area contributed by atoms with E-state index in [0.29, 0.717) is 18.6 Å². The van der Waals surface area contributed by atoms with Gasteiger partial charge in [-0.3, -0.25) is 14.6 Å². The summed E-state index contributed by atoms with van der Waals surface area (Å²) in [6.45, 7) is 9.12. The van der Waals surface area contributed by atoms with Gasteiger partial charge >= 0.3 is 5.97 Å². The third-order valence-corrected chi connectivity index (χ3v) is 3.89. The molecular weight excluding hydrogens is 230 g/mol. The maximum atomic E-state index is 11.2. The second kappa shape index (κ2) is 5.99. The Morgan fingerprint density at radius 1 is 1.28 bits per heavy atom. The summed E-state index contributed by atoms with van der Waals surface area (Å²) in [4.78, 5) is 15.9. The number of rotatable bonds is 6. The van der Waals surface area contributed by atoms with Gasteiger partial charge in [-0.2, -0.15) is 0 Å². The first-order valence-corrected chi connectivity index (χ1v) is 7.01. The van der Waals surface area contributed by atoms with Crippen LogP contribution >= 0.6 is 0 Å². The van der Waals surface area contributed by atoms with Gasteiger partial charge in [0.25, 0.3) is 0 Å². The second-order valence-corrected chi connectivity index (χ2v) is 5.76. The fraction of sp³-hybridized carbons (Fsp3) is 0.923. The average Bonchev–Trinajstić information content (AvgIpc) is 3.12. The van der Waals surface area contributed by atoms with E-state index >= 15 is 0 Å². The van der Waals surface area contributed by atoms with Crippen LogP contribution in [0.5, 0.6) is 0 Å². The van der Waals surface area contributed by atoms with Crippen molar-refractivity contribution in [2.45, 2.75) is 44.8 Å². The van der Waals surface area contributed by atoms with E-state index in [-0.39, 0.29) is 0 Å². The molecule has 2 N–H and O–H groups in total. The molecule has 0 bridgehead atoms. The minimum atomic E-state index is -0.715. The lowest BCUT2D eigenvalue weighted by molar-refractivity contribution is -0.140. The average molecular weight is 255 g/mol. The molecule has 2 fully saturated rings. The van der Waals surface area contributed by atoms with Gasteiger partial charge in [0.2, 0.25) is 0 Å². The number of nitrogens with one attached hydrogen (secondary N) is 1. The highest BCUT2D eigenvalue weighted by molar-refractivity contribution is 5.73. The van der Waals surface area contributed by atoms with E-state index in [1.54, 1.807) is 0 Å². The molecule has 1 saturated carbocycles. The number of nitrogens with zero attached hydrogens (tertiary/aromatic N) is 2. The molecule has 2 rings (SSSR count). The summed E-state index contributed by atoms with van der Waals surface area (Å²) >= 11 is 0. The third-order valence-electron chi connectivity index (χ3n) is 3.89. The van der Waals surface area contributed by atoms with Crippen LogP contribution in [0.2, 0.25) is 0 Å². The summed E-state index contributed by atoms with van der Waals surface area (Å²) in [5.41, 5.74) is 0. The molecule has 1 atom stereocenters. The lowest BCUT2D eigenvalue weighted by Gasteiger charge is -2.37. The van der Waals surface area contributed by atoms with Crippen molar-refractivity contribution in [1.29, 1.82) is 0 Å². The molecule has 2 aliphatic rings. The molecule has 1 aliphatic heterocycles. The largest absolute Gasteiger partial charge is 0.480 e. The number of hydrogen-bond acceptors (Lipinski definition) is 4. The molecule has 1 saturated heterocycles. The molecule has 104 valence electrons. The quantitative estimate of drug-likeness (QED) is 0.711. The van der Waals surface area contributed by atoms with E-state index in [4.69, 9.17) is 0 Å². The number of carbonyl (C=O) groups is 1. The predicted octanol–water partition coefficient (Wildman–Crippen LogP) is 0.218. The summed E-state index contributed by atoms with van der Waals surface area (Å²) in [5, 5.41) is 12.4. The monoisotopic (exact) mass is 255 g/mol. The summed E-state index contributed by atoms with van der Waals surface area (Å²) in [5.74, 6) is -0.715. The zero-order valence-corrected chi connectivity index (χ0v) is 11.4. The Balaban J connectivity index is 1.76. The van der Waals surface area contributed by atoms with Crippen molar-refractivity contribution in [2.75, 3.05) is 32.7 Å². The second-order valence-electron chi connectivity index (χ2n) is 5.76. The highest BCUT2D eigenvalue weighted by Crippen LogP contribution is 2.19. The fourth-order valence-corrected chi connectivity index (χ4v) is 2.46. The first-order chi connectivity index (χ1) is 8.56. The maximum absolute atomic E-state index is 11.2. The molecule has 0 radical (unpaired) electrons. The smallest absolute Gasteiger partial charge is 0.322 e. The van der Waals surface area contributed by atoms with Crippen molar-refractivity contribution in [3.8, 4) is 0 Å². The van der Waals surface area contributed by atoms with Crippen molar-refractivity contribution < 1.29 is 9.90 Å². The van der Waals surface area contributed by atoms with E-state index in [1.165, 1.54) is 0 Å². The SMILES string of the molecule is CC(C)N1CCN(CC(NC2CC2)C(=O)O)CC1. The van der Waals surface area contributed by atoms with Crippen molar-refractivity contribution in [3.05, 3.63) is 0 Å². The number of hydrogen-bond donors (Lipinski definition) is 2. The number of carboxylic acid groups (broad SMARTS) is 1. The van der Waals surface area contributed by atoms with Crippen LogP contribution in [-0.2, 0) is 4.79 Å². The van der Waals surface area contributed by atoms with Crippen LogP contribution < -0.4 is 5.32 Å². The Bertz CT molecular complexity index is 284. The van der Waals surface area contributed by atoms with Gasteiger partial charge in [0.05, 0.1) is 0 Å². The molecule has 1 unspecified atom stereocenters. The summed E-state index contributed by atoms with van der Waals surface area (Å²) in [7, 11) is 0. The van der Waals surface area contributed by atoms with Crippen LogP contribution in [-0.4, -0.2) is 71.7 Å². The molecule has 0 aromatic rings. The van der Waals surface area contributed by atoms with Crippen molar-refractivity contribution in [1.82, 2.24) is 15.1 Å². The van der Waals surface area contributed by atoms with Gasteiger partial charge in [-0.25, -0.2) is 0 Å². The maximum Gasteiger partial charge on any atom is 0.322 e. The van der Waals surface area contributed by atoms with Gasteiger partial charge in [0.15, 0.2) is 0 Å². The molecule has 5 heteroatoms. The van der Waals surface area contributed by atoms with E-state index in [0.717, 1.165) is 39.0 Å². The van der Waals surface area contributed by atoms with Gasteiger partial charge in [-0.15, -0.1) is 0 Å². The third kappa shape index (κ3) is 3.93. The van der Waals surface area contributed by atoms with Crippen LogP contribution in [0, 0.1) is 0 Å². The molecule has 0 aromatic heterocycles. The van der Waals surface area contributed by atoms with E-state index in [1.807, 2.05) is 0 Å². The highest BCUT2D eigenvalue weighted by atomic mass is 16.4. The zero-order valence-electron chi connectivity index (χ0n) is 11.4.